The van der Waals surface area contributed by atoms with Crippen LogP contribution in [0.1, 0.15) is 57.8 Å². The Hall–Kier alpha value is -0.860. The molecule has 0 aromatic heterocycles. The molecule has 2 rings (SSSR count). The van der Waals surface area contributed by atoms with Gasteiger partial charge in [0, 0.05) is 5.92 Å². The normalized spacial score (nSPS) is 32.8. The maximum atomic E-state index is 10.6. The van der Waals surface area contributed by atoms with Crippen molar-refractivity contribution in [3.05, 3.63) is 35.4 Å². The Morgan fingerprint density at radius 1 is 0.947 bits per heavy atom. The molecule has 1 fully saturated rings. The van der Waals surface area contributed by atoms with E-state index in [1.165, 1.54) is 5.56 Å². The van der Waals surface area contributed by atoms with Gasteiger partial charge in [-0.2, -0.15) is 0 Å². The molecule has 1 N–H and O–H groups in total. The van der Waals surface area contributed by atoms with E-state index in [4.69, 9.17) is 4.74 Å². The molecule has 0 bridgehead atoms. The third-order valence-corrected chi connectivity index (χ3v) is 4.63. The van der Waals surface area contributed by atoms with E-state index in [0.717, 1.165) is 5.56 Å². The summed E-state index contributed by atoms with van der Waals surface area (Å²) >= 11 is 0. The van der Waals surface area contributed by atoms with Gasteiger partial charge in [-0.05, 0) is 36.8 Å². The summed E-state index contributed by atoms with van der Waals surface area (Å²) in [7, 11) is 0. The van der Waals surface area contributed by atoms with Crippen molar-refractivity contribution < 1.29 is 9.84 Å². The van der Waals surface area contributed by atoms with E-state index >= 15 is 0 Å². The molecule has 1 heterocycles. The summed E-state index contributed by atoms with van der Waals surface area (Å²) in [4.78, 5) is 0. The molecule has 1 aliphatic heterocycles. The van der Waals surface area contributed by atoms with Crippen molar-refractivity contribution in [2.75, 3.05) is 0 Å². The molecule has 19 heavy (non-hydrogen) atoms. The summed E-state index contributed by atoms with van der Waals surface area (Å²) < 4.78 is 5.83. The molecule has 106 valence electrons. The van der Waals surface area contributed by atoms with Gasteiger partial charge in [0.05, 0.1) is 18.3 Å². The molecule has 1 aliphatic rings. The van der Waals surface area contributed by atoms with Gasteiger partial charge in [0.2, 0.25) is 0 Å². The van der Waals surface area contributed by atoms with Gasteiger partial charge in [0.1, 0.15) is 0 Å². The quantitative estimate of drug-likeness (QED) is 0.895. The molecule has 0 amide bonds. The van der Waals surface area contributed by atoms with Crippen LogP contribution >= 0.6 is 0 Å². The third kappa shape index (κ3) is 2.85. The molecule has 5 unspecified atom stereocenters. The Morgan fingerprint density at radius 3 is 1.89 bits per heavy atom. The summed E-state index contributed by atoms with van der Waals surface area (Å²) in [5.41, 5.74) is 2.32. The highest BCUT2D eigenvalue weighted by Crippen LogP contribution is 2.40. The van der Waals surface area contributed by atoms with E-state index < -0.39 is 6.10 Å². The molecule has 0 saturated carbocycles. The van der Waals surface area contributed by atoms with Gasteiger partial charge in [-0.15, -0.1) is 0 Å². The first-order valence-corrected chi connectivity index (χ1v) is 7.35. The van der Waals surface area contributed by atoms with Gasteiger partial charge in [0.15, 0.2) is 0 Å². The average Bonchev–Trinajstić information content (AvgIpc) is 2.62. The third-order valence-electron chi connectivity index (χ3n) is 4.63. The SMILES string of the molecule is CC(C)c1ccc(C(O)C2C(C)OC(C)C2C)cc1. The predicted octanol–water partition coefficient (Wildman–Crippen LogP) is 3.90. The summed E-state index contributed by atoms with van der Waals surface area (Å²) in [6.45, 7) is 10.7. The molecular weight excluding hydrogens is 236 g/mol. The van der Waals surface area contributed by atoms with Crippen LogP contribution in [0.2, 0.25) is 0 Å². The lowest BCUT2D eigenvalue weighted by molar-refractivity contribution is 0.0231. The van der Waals surface area contributed by atoms with E-state index in [1.54, 1.807) is 0 Å². The standard InChI is InChI=1S/C17H26O2/c1-10(2)14-6-8-15(9-7-14)17(18)16-11(3)12(4)19-13(16)5/h6-13,16-18H,1-5H3. The number of aliphatic hydroxyl groups excluding tert-OH is 1. The lowest BCUT2D eigenvalue weighted by atomic mass is 9.82. The first-order valence-electron chi connectivity index (χ1n) is 7.35. The second-order valence-corrected chi connectivity index (χ2v) is 6.25. The Morgan fingerprint density at radius 2 is 1.47 bits per heavy atom. The van der Waals surface area contributed by atoms with Crippen LogP contribution in [0, 0.1) is 11.8 Å². The smallest absolute Gasteiger partial charge is 0.0846 e. The summed E-state index contributed by atoms with van der Waals surface area (Å²) in [6, 6.07) is 8.36. The Kier molecular flexibility index (Phi) is 4.32. The van der Waals surface area contributed by atoms with Crippen molar-refractivity contribution in [1.29, 1.82) is 0 Å². The monoisotopic (exact) mass is 262 g/mol. The van der Waals surface area contributed by atoms with Crippen LogP contribution in [0.4, 0.5) is 0 Å². The first-order chi connectivity index (χ1) is 8.91. The molecule has 2 nitrogen and oxygen atoms in total. The van der Waals surface area contributed by atoms with Gasteiger partial charge in [-0.3, -0.25) is 0 Å². The van der Waals surface area contributed by atoms with E-state index in [2.05, 4.69) is 58.9 Å². The van der Waals surface area contributed by atoms with Crippen molar-refractivity contribution >= 4 is 0 Å². The second kappa shape index (κ2) is 5.64. The molecule has 0 radical (unpaired) electrons. The van der Waals surface area contributed by atoms with Gasteiger partial charge in [-0.25, -0.2) is 0 Å². The van der Waals surface area contributed by atoms with Crippen molar-refractivity contribution in [2.24, 2.45) is 11.8 Å². The van der Waals surface area contributed by atoms with Crippen LogP contribution in [-0.2, 0) is 4.74 Å². The number of ether oxygens (including phenoxy) is 1. The van der Waals surface area contributed by atoms with E-state index in [9.17, 15) is 5.11 Å². The average molecular weight is 262 g/mol. The fourth-order valence-electron chi connectivity index (χ4n) is 3.14. The fraction of sp³-hybridized carbons (Fsp3) is 0.647. The van der Waals surface area contributed by atoms with Crippen molar-refractivity contribution in [1.82, 2.24) is 0 Å². The number of benzene rings is 1. The molecule has 5 atom stereocenters. The van der Waals surface area contributed by atoms with Gasteiger partial charge in [-0.1, -0.05) is 45.0 Å². The second-order valence-electron chi connectivity index (χ2n) is 6.25. The van der Waals surface area contributed by atoms with Crippen LogP contribution in [0.5, 0.6) is 0 Å². The van der Waals surface area contributed by atoms with Gasteiger partial charge < -0.3 is 9.84 Å². The van der Waals surface area contributed by atoms with Crippen molar-refractivity contribution in [3.63, 3.8) is 0 Å². The number of aliphatic hydroxyl groups is 1. The van der Waals surface area contributed by atoms with Crippen LogP contribution in [0.15, 0.2) is 24.3 Å². The highest BCUT2D eigenvalue weighted by Gasteiger charge is 2.41. The minimum Gasteiger partial charge on any atom is -0.388 e. The topological polar surface area (TPSA) is 29.5 Å². The highest BCUT2D eigenvalue weighted by atomic mass is 16.5. The minimum absolute atomic E-state index is 0.116. The maximum absolute atomic E-state index is 10.6. The lowest BCUT2D eigenvalue weighted by Crippen LogP contribution is -2.25. The van der Waals surface area contributed by atoms with Crippen LogP contribution in [-0.4, -0.2) is 17.3 Å². The first kappa shape index (κ1) is 14.5. The van der Waals surface area contributed by atoms with Gasteiger partial charge >= 0.3 is 0 Å². The van der Waals surface area contributed by atoms with Crippen molar-refractivity contribution in [3.8, 4) is 0 Å². The summed E-state index contributed by atoms with van der Waals surface area (Å²) in [5.74, 6) is 1.09. The summed E-state index contributed by atoms with van der Waals surface area (Å²) in [6.07, 6.45) is -0.0921. The molecule has 2 heteroatoms. The van der Waals surface area contributed by atoms with E-state index in [1.807, 2.05) is 0 Å². The van der Waals surface area contributed by atoms with Gasteiger partial charge in [0.25, 0.3) is 0 Å². The zero-order valence-corrected chi connectivity index (χ0v) is 12.6. The predicted molar refractivity (Wildman–Crippen MR) is 78.2 cm³/mol. The Bertz CT molecular complexity index is 410. The molecule has 0 aliphatic carbocycles. The molecule has 0 spiro atoms. The Labute approximate surface area is 116 Å². The van der Waals surface area contributed by atoms with Crippen LogP contribution in [0.3, 0.4) is 0 Å². The largest absolute Gasteiger partial charge is 0.388 e. The molecule has 1 saturated heterocycles. The number of hydrogen-bond acceptors (Lipinski definition) is 2. The van der Waals surface area contributed by atoms with E-state index in [0.29, 0.717) is 11.8 Å². The number of rotatable bonds is 3. The van der Waals surface area contributed by atoms with Crippen molar-refractivity contribution in [2.45, 2.75) is 58.8 Å². The Balaban J connectivity index is 2.17. The zero-order chi connectivity index (χ0) is 14.2. The molecular formula is C17H26O2. The summed E-state index contributed by atoms with van der Waals surface area (Å²) in [5, 5.41) is 10.6. The fourth-order valence-corrected chi connectivity index (χ4v) is 3.14. The zero-order valence-electron chi connectivity index (χ0n) is 12.6. The van der Waals surface area contributed by atoms with E-state index in [-0.39, 0.29) is 18.1 Å². The molecule has 1 aromatic rings. The lowest BCUT2D eigenvalue weighted by Gasteiger charge is -2.25. The highest BCUT2D eigenvalue weighted by molar-refractivity contribution is 5.26. The molecule has 1 aromatic carbocycles. The minimum atomic E-state index is -0.434. The van der Waals surface area contributed by atoms with Crippen LogP contribution < -0.4 is 0 Å². The van der Waals surface area contributed by atoms with Crippen LogP contribution in [0.25, 0.3) is 0 Å². The number of hydrogen-bond donors (Lipinski definition) is 1. The maximum Gasteiger partial charge on any atom is 0.0846 e.